The van der Waals surface area contributed by atoms with E-state index in [1.807, 2.05) is 0 Å². The largest absolute Gasteiger partial charge is 0.467 e. The molecule has 0 heterocycles. The first-order chi connectivity index (χ1) is 14.1. The predicted octanol–water partition coefficient (Wildman–Crippen LogP) is 0.943. The van der Waals surface area contributed by atoms with Gasteiger partial charge in [0, 0.05) is 28.7 Å². The van der Waals surface area contributed by atoms with Gasteiger partial charge in [-0.1, -0.05) is 24.3 Å². The number of aliphatic hydroxyl groups is 3. The maximum absolute atomic E-state index is 13.3. The number of aliphatic hydroxyl groups excluding tert-OH is 3. The first kappa shape index (κ1) is 19.5. The lowest BCUT2D eigenvalue weighted by Crippen LogP contribution is -2.29. The Hall–Kier alpha value is -2.78. The quantitative estimate of drug-likeness (QED) is 0.523. The number of ether oxygens (including phenoxy) is 3. The van der Waals surface area contributed by atoms with E-state index in [1.165, 1.54) is 0 Å². The molecule has 4 rings (SSSR count). The van der Waals surface area contributed by atoms with Gasteiger partial charge in [-0.2, -0.15) is 0 Å². The Bertz CT molecular complexity index is 981. The molecule has 0 spiro atoms. The number of rotatable bonds is 6. The zero-order valence-electron chi connectivity index (χ0n) is 15.5. The van der Waals surface area contributed by atoms with E-state index in [1.54, 1.807) is 24.3 Å². The van der Waals surface area contributed by atoms with E-state index in [-0.39, 0.29) is 39.9 Å². The van der Waals surface area contributed by atoms with E-state index in [4.69, 9.17) is 19.3 Å². The summed E-state index contributed by atoms with van der Waals surface area (Å²) in [7, 11) is 0. The molecule has 3 N–H and O–H groups in total. The second-order valence-electron chi connectivity index (χ2n) is 6.78. The Balaban J connectivity index is 2.01. The molecule has 2 aliphatic rings. The fraction of sp³-hybridized carbons (Fsp3) is 0.333. The topological polar surface area (TPSA) is 123 Å². The van der Waals surface area contributed by atoms with Gasteiger partial charge in [0.25, 0.3) is 0 Å². The Labute approximate surface area is 166 Å². The molecule has 0 radical (unpaired) electrons. The molecule has 0 saturated heterocycles. The van der Waals surface area contributed by atoms with Gasteiger partial charge < -0.3 is 29.5 Å². The fourth-order valence-electron chi connectivity index (χ4n) is 4.20. The number of hydrogen-bond donors (Lipinski definition) is 3. The second-order valence-corrected chi connectivity index (χ2v) is 6.78. The Morgan fingerprint density at radius 2 is 1.38 bits per heavy atom. The van der Waals surface area contributed by atoms with Crippen LogP contribution >= 0.6 is 0 Å². The van der Waals surface area contributed by atoms with Gasteiger partial charge in [-0.3, -0.25) is 9.59 Å². The molecular formula is C21H20O8. The van der Waals surface area contributed by atoms with Crippen LogP contribution in [0.1, 0.15) is 49.4 Å². The van der Waals surface area contributed by atoms with E-state index in [9.17, 15) is 19.8 Å². The third kappa shape index (κ3) is 3.10. The molecule has 0 fully saturated rings. The highest BCUT2D eigenvalue weighted by atomic mass is 16.6. The number of benzene rings is 2. The SMILES string of the molecule is O=C1c2ccccc2C(=O)c2c(OCO)c3c(c(OCO)c21)CCC(OCO)C3. The molecule has 0 bridgehead atoms. The van der Waals surface area contributed by atoms with Crippen molar-refractivity contribution in [3.63, 3.8) is 0 Å². The van der Waals surface area contributed by atoms with Crippen LogP contribution < -0.4 is 9.47 Å². The van der Waals surface area contributed by atoms with Gasteiger partial charge in [-0.25, -0.2) is 0 Å². The molecular weight excluding hydrogens is 380 g/mol. The minimum absolute atomic E-state index is 0.00889. The van der Waals surface area contributed by atoms with Crippen molar-refractivity contribution in [1.82, 2.24) is 0 Å². The van der Waals surface area contributed by atoms with Crippen molar-refractivity contribution < 1.29 is 39.1 Å². The smallest absolute Gasteiger partial charge is 0.198 e. The first-order valence-electron chi connectivity index (χ1n) is 9.22. The summed E-state index contributed by atoms with van der Waals surface area (Å²) in [5.74, 6) is -0.563. The molecule has 0 amide bonds. The minimum Gasteiger partial charge on any atom is -0.467 e. The summed E-state index contributed by atoms with van der Waals surface area (Å²) >= 11 is 0. The van der Waals surface area contributed by atoms with E-state index in [0.29, 0.717) is 30.4 Å². The van der Waals surface area contributed by atoms with Crippen LogP contribution in [-0.2, 0) is 17.6 Å². The van der Waals surface area contributed by atoms with Crippen molar-refractivity contribution in [2.45, 2.75) is 25.4 Å². The molecule has 152 valence electrons. The van der Waals surface area contributed by atoms with Crippen LogP contribution in [0.2, 0.25) is 0 Å². The number of carbonyl (C=O) groups is 2. The maximum atomic E-state index is 13.3. The highest BCUT2D eigenvalue weighted by Gasteiger charge is 2.40. The fourth-order valence-corrected chi connectivity index (χ4v) is 4.20. The highest BCUT2D eigenvalue weighted by molar-refractivity contribution is 6.30. The van der Waals surface area contributed by atoms with Crippen LogP contribution in [0.15, 0.2) is 24.3 Å². The normalized spacial score (nSPS) is 17.4. The van der Waals surface area contributed by atoms with Gasteiger partial charge in [0.1, 0.15) is 18.3 Å². The van der Waals surface area contributed by atoms with Crippen LogP contribution in [0.5, 0.6) is 11.5 Å². The Morgan fingerprint density at radius 3 is 1.90 bits per heavy atom. The van der Waals surface area contributed by atoms with Crippen LogP contribution in [0.4, 0.5) is 0 Å². The number of carbonyl (C=O) groups excluding carboxylic acids is 2. The van der Waals surface area contributed by atoms with E-state index in [0.717, 1.165) is 0 Å². The van der Waals surface area contributed by atoms with Gasteiger partial charge in [0.15, 0.2) is 25.2 Å². The summed E-state index contributed by atoms with van der Waals surface area (Å²) in [6.07, 6.45) is 0.942. The van der Waals surface area contributed by atoms with Crippen molar-refractivity contribution in [3.05, 3.63) is 57.6 Å². The molecule has 8 nitrogen and oxygen atoms in total. The average Bonchev–Trinajstić information content (AvgIpc) is 2.74. The van der Waals surface area contributed by atoms with E-state index in [2.05, 4.69) is 0 Å². The average molecular weight is 400 g/mol. The summed E-state index contributed by atoms with van der Waals surface area (Å²) in [5.41, 5.74) is 1.72. The van der Waals surface area contributed by atoms with Crippen molar-refractivity contribution in [3.8, 4) is 11.5 Å². The first-order valence-corrected chi connectivity index (χ1v) is 9.22. The summed E-state index contributed by atoms with van der Waals surface area (Å²) in [6, 6.07) is 6.46. The molecule has 0 aliphatic heterocycles. The van der Waals surface area contributed by atoms with E-state index >= 15 is 0 Å². The molecule has 29 heavy (non-hydrogen) atoms. The van der Waals surface area contributed by atoms with Gasteiger partial charge in [0.2, 0.25) is 0 Å². The third-order valence-corrected chi connectivity index (χ3v) is 5.36. The highest BCUT2D eigenvalue weighted by Crippen LogP contribution is 2.46. The zero-order chi connectivity index (χ0) is 20.5. The predicted molar refractivity (Wildman–Crippen MR) is 99.2 cm³/mol. The molecule has 1 unspecified atom stereocenters. The van der Waals surface area contributed by atoms with Crippen LogP contribution in [-0.4, -0.2) is 53.4 Å². The summed E-state index contributed by atoms with van der Waals surface area (Å²) in [6.45, 7) is -1.81. The number of ketones is 2. The van der Waals surface area contributed by atoms with Crippen molar-refractivity contribution in [2.75, 3.05) is 20.4 Å². The van der Waals surface area contributed by atoms with Crippen LogP contribution in [0.3, 0.4) is 0 Å². The number of fused-ring (bicyclic) bond motifs is 3. The number of hydrogen-bond acceptors (Lipinski definition) is 8. The minimum atomic E-state index is -0.687. The van der Waals surface area contributed by atoms with Crippen molar-refractivity contribution in [2.24, 2.45) is 0 Å². The second kappa shape index (κ2) is 7.92. The standard InChI is InChI=1S/C21H20O8/c22-8-27-11-5-6-14-15(7-11)21(29-10-24)17-16(20(14)28-9-23)18(25)12-3-1-2-4-13(12)19(17)26/h1-4,11,22-24H,5-10H2. The van der Waals surface area contributed by atoms with E-state index < -0.39 is 31.9 Å². The molecule has 8 heteroatoms. The monoisotopic (exact) mass is 400 g/mol. The van der Waals surface area contributed by atoms with Crippen LogP contribution in [0.25, 0.3) is 0 Å². The van der Waals surface area contributed by atoms with Gasteiger partial charge in [-0.05, 0) is 12.8 Å². The lowest BCUT2D eigenvalue weighted by molar-refractivity contribution is -0.0547. The molecule has 1 atom stereocenters. The molecule has 2 aromatic rings. The Morgan fingerprint density at radius 1 is 0.828 bits per heavy atom. The van der Waals surface area contributed by atoms with Crippen molar-refractivity contribution >= 4 is 11.6 Å². The molecule has 2 aliphatic carbocycles. The third-order valence-electron chi connectivity index (χ3n) is 5.36. The molecule has 0 aromatic heterocycles. The lowest BCUT2D eigenvalue weighted by Gasteiger charge is -2.31. The summed E-state index contributed by atoms with van der Waals surface area (Å²) < 4.78 is 16.2. The van der Waals surface area contributed by atoms with Gasteiger partial charge in [-0.15, -0.1) is 0 Å². The van der Waals surface area contributed by atoms with Crippen molar-refractivity contribution in [1.29, 1.82) is 0 Å². The Kier molecular flexibility index (Phi) is 5.33. The zero-order valence-corrected chi connectivity index (χ0v) is 15.5. The maximum Gasteiger partial charge on any atom is 0.198 e. The lowest BCUT2D eigenvalue weighted by atomic mass is 9.77. The van der Waals surface area contributed by atoms with Gasteiger partial charge >= 0.3 is 0 Å². The van der Waals surface area contributed by atoms with Crippen LogP contribution in [0, 0.1) is 0 Å². The molecule has 0 saturated carbocycles. The summed E-state index contributed by atoms with van der Waals surface area (Å²) in [5, 5.41) is 28.0. The molecule has 2 aromatic carbocycles. The van der Waals surface area contributed by atoms with Gasteiger partial charge in [0.05, 0.1) is 17.2 Å². The summed E-state index contributed by atoms with van der Waals surface area (Å²) in [4.78, 5) is 26.6.